The van der Waals surface area contributed by atoms with Crippen molar-refractivity contribution in [3.63, 3.8) is 0 Å². The molecule has 4 aromatic carbocycles. The maximum Gasteiger partial charge on any atom is 0.527 e. The van der Waals surface area contributed by atoms with E-state index in [9.17, 15) is 48.3 Å². The number of hydrogen-bond acceptors (Lipinski definition) is 1. The van der Waals surface area contributed by atoms with Gasteiger partial charge in [0.25, 0.3) is 0 Å². The van der Waals surface area contributed by atoms with E-state index in [1.54, 1.807) is 6.92 Å². The summed E-state index contributed by atoms with van der Waals surface area (Å²) in [6.07, 6.45) is -11.7. The molecule has 0 spiro atoms. The van der Waals surface area contributed by atoms with Crippen LogP contribution in [-0.4, -0.2) is 6.36 Å². The molecule has 1 nitrogen and oxygen atoms in total. The summed E-state index contributed by atoms with van der Waals surface area (Å²) < 4.78 is 184. The molecular formula is C31H19F13O. The summed E-state index contributed by atoms with van der Waals surface area (Å²) in [5.74, 6) is -12.0. The maximum atomic E-state index is 15.0. The summed E-state index contributed by atoms with van der Waals surface area (Å²) in [6, 6.07) is 4.71. The zero-order valence-electron chi connectivity index (χ0n) is 22.8. The Morgan fingerprint density at radius 3 is 1.29 bits per heavy atom. The Kier molecular flexibility index (Phi) is 9.57. The zero-order chi connectivity index (χ0) is 33.4. The van der Waals surface area contributed by atoms with Gasteiger partial charge >= 0.3 is 12.5 Å². The average molecular weight is 654 g/mol. The minimum Gasteiger partial charge on any atom is -0.222 e. The molecule has 0 radical (unpaired) electrons. The highest BCUT2D eigenvalue weighted by molar-refractivity contribution is 5.73. The Morgan fingerprint density at radius 2 is 0.867 bits per heavy atom. The summed E-state index contributed by atoms with van der Waals surface area (Å²) in [5, 5.41) is 0. The molecule has 0 aliphatic heterocycles. The monoisotopic (exact) mass is 654 g/mol. The van der Waals surface area contributed by atoms with Gasteiger partial charge in [-0.15, -0.1) is 13.2 Å². The smallest absolute Gasteiger partial charge is 0.222 e. The van der Waals surface area contributed by atoms with Crippen molar-refractivity contribution in [2.45, 2.75) is 45.1 Å². The highest BCUT2D eigenvalue weighted by atomic mass is 19.4. The molecule has 4 rings (SSSR count). The van der Waals surface area contributed by atoms with Crippen molar-refractivity contribution in [2.75, 3.05) is 0 Å². The standard InChI is InChI=1S/C31H19F13O/c1-2-3-14-6-21(34)27(22(35)7-14)17-12-23(36)28(24(37)13-17)16-10-19(32)18(20(33)11-16)5-4-15-8-25(38)29(26(39)9-15)30(40,41)45-31(42,43)44/h6-13H,2-5H2,1H3. The van der Waals surface area contributed by atoms with E-state index in [1.807, 2.05) is 0 Å². The number of ether oxygens (including phenoxy) is 1. The lowest BCUT2D eigenvalue weighted by molar-refractivity contribution is -0.432. The van der Waals surface area contributed by atoms with E-state index in [4.69, 9.17) is 0 Å². The molecule has 0 N–H and O–H groups in total. The molecule has 4 aromatic rings. The van der Waals surface area contributed by atoms with Gasteiger partial charge in [-0.25, -0.2) is 39.9 Å². The van der Waals surface area contributed by atoms with Crippen molar-refractivity contribution in [1.29, 1.82) is 0 Å². The SMILES string of the molecule is CCCc1cc(F)c(-c2cc(F)c(-c3cc(F)c(CCc4cc(F)c(C(F)(F)OC(F)(F)F)c(F)c4)c(F)c3)c(F)c2)c(F)c1. The van der Waals surface area contributed by atoms with Crippen LogP contribution in [0.15, 0.2) is 48.5 Å². The molecule has 0 saturated heterocycles. The molecule has 0 aliphatic rings. The van der Waals surface area contributed by atoms with Crippen LogP contribution in [-0.2, 0) is 30.1 Å². The third-order valence-electron chi connectivity index (χ3n) is 6.70. The topological polar surface area (TPSA) is 9.23 Å². The van der Waals surface area contributed by atoms with Gasteiger partial charge < -0.3 is 0 Å². The number of benzene rings is 4. The van der Waals surface area contributed by atoms with Gasteiger partial charge in [0, 0.05) is 5.56 Å². The van der Waals surface area contributed by atoms with E-state index >= 15 is 8.78 Å². The first-order valence-electron chi connectivity index (χ1n) is 13.0. The first-order valence-corrected chi connectivity index (χ1v) is 13.0. The fourth-order valence-corrected chi connectivity index (χ4v) is 4.83. The molecule has 45 heavy (non-hydrogen) atoms. The molecule has 0 amide bonds. The summed E-state index contributed by atoms with van der Waals surface area (Å²) in [5.41, 5.74) is -6.06. The minimum atomic E-state index is -5.94. The largest absolute Gasteiger partial charge is 0.527 e. The molecule has 240 valence electrons. The fraction of sp³-hybridized carbons (Fsp3) is 0.226. The average Bonchev–Trinajstić information content (AvgIpc) is 2.85. The van der Waals surface area contributed by atoms with Crippen LogP contribution in [0.5, 0.6) is 0 Å². The van der Waals surface area contributed by atoms with Gasteiger partial charge in [0.1, 0.15) is 52.1 Å². The van der Waals surface area contributed by atoms with E-state index in [0.29, 0.717) is 42.7 Å². The Hall–Kier alpha value is -4.07. The molecule has 0 heterocycles. The second-order valence-electron chi connectivity index (χ2n) is 9.92. The van der Waals surface area contributed by atoms with Gasteiger partial charge in [-0.05, 0) is 90.0 Å². The van der Waals surface area contributed by atoms with Crippen LogP contribution in [0.3, 0.4) is 0 Å². The van der Waals surface area contributed by atoms with Crippen LogP contribution in [0.2, 0.25) is 0 Å². The van der Waals surface area contributed by atoms with Gasteiger partial charge in [0.2, 0.25) is 0 Å². The lowest BCUT2D eigenvalue weighted by Crippen LogP contribution is -2.29. The second-order valence-corrected chi connectivity index (χ2v) is 9.92. The first-order chi connectivity index (χ1) is 20.9. The van der Waals surface area contributed by atoms with E-state index < -0.39 is 111 Å². The number of halogens is 13. The van der Waals surface area contributed by atoms with Crippen LogP contribution in [0.25, 0.3) is 22.3 Å². The van der Waals surface area contributed by atoms with Gasteiger partial charge in [-0.2, -0.15) is 8.78 Å². The van der Waals surface area contributed by atoms with E-state index in [-0.39, 0.29) is 12.1 Å². The molecule has 14 heteroatoms. The van der Waals surface area contributed by atoms with E-state index in [1.165, 1.54) is 0 Å². The molecule has 0 saturated carbocycles. The molecule has 0 unspecified atom stereocenters. The van der Waals surface area contributed by atoms with Crippen LogP contribution < -0.4 is 0 Å². The fourth-order valence-electron chi connectivity index (χ4n) is 4.83. The summed E-state index contributed by atoms with van der Waals surface area (Å²) in [7, 11) is 0. The van der Waals surface area contributed by atoms with Gasteiger partial charge in [-0.3, -0.25) is 0 Å². The number of aryl methyl sites for hydroxylation is 2. The summed E-state index contributed by atoms with van der Waals surface area (Å²) >= 11 is 0. The summed E-state index contributed by atoms with van der Waals surface area (Å²) in [4.78, 5) is 0. The van der Waals surface area contributed by atoms with E-state index in [2.05, 4.69) is 4.74 Å². The second kappa shape index (κ2) is 12.7. The zero-order valence-corrected chi connectivity index (χ0v) is 22.8. The van der Waals surface area contributed by atoms with Crippen molar-refractivity contribution in [3.05, 3.63) is 117 Å². The number of alkyl halides is 5. The molecule has 0 bridgehead atoms. The van der Waals surface area contributed by atoms with Crippen molar-refractivity contribution >= 4 is 0 Å². The lowest BCUT2D eigenvalue weighted by Gasteiger charge is -2.20. The van der Waals surface area contributed by atoms with Gasteiger partial charge in [-0.1, -0.05) is 13.3 Å². The number of rotatable bonds is 9. The van der Waals surface area contributed by atoms with Crippen molar-refractivity contribution in [3.8, 4) is 22.3 Å². The number of hydrogen-bond donors (Lipinski definition) is 0. The predicted molar refractivity (Wildman–Crippen MR) is 136 cm³/mol. The highest BCUT2D eigenvalue weighted by Crippen LogP contribution is 2.40. The Morgan fingerprint density at radius 1 is 0.489 bits per heavy atom. The van der Waals surface area contributed by atoms with Gasteiger partial charge in [0.05, 0.1) is 11.1 Å². The van der Waals surface area contributed by atoms with Crippen molar-refractivity contribution in [2.24, 2.45) is 0 Å². The van der Waals surface area contributed by atoms with Gasteiger partial charge in [0.15, 0.2) is 0 Å². The Bertz CT molecular complexity index is 1650. The van der Waals surface area contributed by atoms with Crippen LogP contribution in [0.1, 0.15) is 35.6 Å². The first kappa shape index (κ1) is 33.8. The molecule has 0 aliphatic carbocycles. The molecule has 0 atom stereocenters. The Labute approximate surface area is 246 Å². The normalized spacial score (nSPS) is 12.2. The quantitative estimate of drug-likeness (QED) is 0.163. The predicted octanol–water partition coefficient (Wildman–Crippen LogP) is 10.5. The minimum absolute atomic E-state index is 0.228. The van der Waals surface area contributed by atoms with E-state index in [0.717, 1.165) is 12.1 Å². The van der Waals surface area contributed by atoms with Crippen LogP contribution in [0.4, 0.5) is 57.1 Å². The molecule has 0 fully saturated rings. The maximum absolute atomic E-state index is 15.0. The Balaban J connectivity index is 1.60. The highest BCUT2D eigenvalue weighted by Gasteiger charge is 2.49. The van der Waals surface area contributed by atoms with Crippen LogP contribution >= 0.6 is 0 Å². The van der Waals surface area contributed by atoms with Crippen molar-refractivity contribution in [1.82, 2.24) is 0 Å². The molecular weight excluding hydrogens is 635 g/mol. The lowest BCUT2D eigenvalue weighted by atomic mass is 9.95. The van der Waals surface area contributed by atoms with Crippen molar-refractivity contribution < 1.29 is 61.8 Å². The summed E-state index contributed by atoms with van der Waals surface area (Å²) in [6.45, 7) is 1.78. The third-order valence-corrected chi connectivity index (χ3v) is 6.70. The van der Waals surface area contributed by atoms with Crippen LogP contribution in [0, 0.1) is 46.5 Å². The molecule has 0 aromatic heterocycles. The third kappa shape index (κ3) is 7.43.